The molecule has 2 aromatic carbocycles. The van der Waals surface area contributed by atoms with E-state index in [0.29, 0.717) is 48.6 Å². The second-order valence-electron chi connectivity index (χ2n) is 9.52. The Morgan fingerprint density at radius 2 is 1.93 bits per heavy atom. The fourth-order valence-corrected chi connectivity index (χ4v) is 5.83. The maximum Gasteiger partial charge on any atom is 0.338 e. The van der Waals surface area contributed by atoms with Crippen molar-refractivity contribution in [3.8, 4) is 11.3 Å². The normalized spacial score (nSPS) is 15.2. The molecule has 4 aromatic rings. The molecular weight excluding hydrogens is 554 g/mol. The SMILES string of the molecule is COC(=O)C1=C(C)N=c2s/c(=C\c3ccc(-c4cc([N+](=O)[O-])ccc4Cl)o3)c(=O)n2[C@@H]1c1ccc(C(C)C)cc1. The predicted molar refractivity (Wildman–Crippen MR) is 152 cm³/mol. The molecular formula is C29H24ClN3O6S. The largest absolute Gasteiger partial charge is 0.466 e. The van der Waals surface area contributed by atoms with Crippen molar-refractivity contribution >= 4 is 40.7 Å². The van der Waals surface area contributed by atoms with E-state index in [2.05, 4.69) is 18.8 Å². The molecule has 0 fully saturated rings. The number of esters is 1. The molecule has 0 saturated heterocycles. The molecule has 3 heterocycles. The van der Waals surface area contributed by atoms with Crippen molar-refractivity contribution in [3.63, 3.8) is 0 Å². The van der Waals surface area contributed by atoms with Crippen molar-refractivity contribution in [2.24, 2.45) is 4.99 Å². The molecule has 1 atom stereocenters. The predicted octanol–water partition coefficient (Wildman–Crippen LogP) is 5.35. The molecule has 5 rings (SSSR count). The van der Waals surface area contributed by atoms with Crippen LogP contribution < -0.4 is 14.9 Å². The number of thiazole rings is 1. The number of nitrogens with zero attached hydrogens (tertiary/aromatic N) is 3. The molecule has 0 radical (unpaired) electrons. The summed E-state index contributed by atoms with van der Waals surface area (Å²) in [6, 6.07) is 14.5. The van der Waals surface area contributed by atoms with E-state index in [1.54, 1.807) is 25.1 Å². The average molecular weight is 578 g/mol. The number of allylic oxidation sites excluding steroid dienone is 1. The van der Waals surface area contributed by atoms with Gasteiger partial charge >= 0.3 is 5.97 Å². The van der Waals surface area contributed by atoms with Gasteiger partial charge in [-0.1, -0.05) is 61.1 Å². The van der Waals surface area contributed by atoms with Gasteiger partial charge in [0, 0.05) is 23.8 Å². The Hall–Kier alpha value is -4.28. The van der Waals surface area contributed by atoms with E-state index in [4.69, 9.17) is 20.8 Å². The van der Waals surface area contributed by atoms with Crippen molar-refractivity contribution < 1.29 is 18.9 Å². The lowest BCUT2D eigenvalue weighted by molar-refractivity contribution is -0.384. The first-order valence-electron chi connectivity index (χ1n) is 12.3. The maximum absolute atomic E-state index is 13.8. The van der Waals surface area contributed by atoms with Gasteiger partial charge in [0.15, 0.2) is 4.80 Å². The minimum Gasteiger partial charge on any atom is -0.466 e. The van der Waals surface area contributed by atoms with Crippen molar-refractivity contribution in [2.75, 3.05) is 7.11 Å². The molecule has 0 spiro atoms. The molecule has 0 saturated carbocycles. The fraction of sp³-hybridized carbons (Fsp3) is 0.207. The highest BCUT2D eigenvalue weighted by Gasteiger charge is 2.33. The highest BCUT2D eigenvalue weighted by molar-refractivity contribution is 7.07. The van der Waals surface area contributed by atoms with E-state index in [9.17, 15) is 19.7 Å². The van der Waals surface area contributed by atoms with E-state index in [1.165, 1.54) is 41.2 Å². The summed E-state index contributed by atoms with van der Waals surface area (Å²) < 4.78 is 12.8. The number of halogens is 1. The Bertz CT molecular complexity index is 1860. The summed E-state index contributed by atoms with van der Waals surface area (Å²) in [5, 5.41) is 11.5. The zero-order valence-corrected chi connectivity index (χ0v) is 23.6. The van der Waals surface area contributed by atoms with E-state index in [0.717, 1.165) is 11.1 Å². The van der Waals surface area contributed by atoms with E-state index in [-0.39, 0.29) is 11.2 Å². The van der Waals surface area contributed by atoms with Crippen LogP contribution in [0.15, 0.2) is 80.1 Å². The van der Waals surface area contributed by atoms with Crippen LogP contribution >= 0.6 is 22.9 Å². The molecule has 0 N–H and O–H groups in total. The van der Waals surface area contributed by atoms with E-state index in [1.807, 2.05) is 24.3 Å². The molecule has 0 bridgehead atoms. The summed E-state index contributed by atoms with van der Waals surface area (Å²) in [5.41, 5.74) is 2.55. The molecule has 2 aromatic heterocycles. The second-order valence-corrected chi connectivity index (χ2v) is 10.9. The highest BCUT2D eigenvalue weighted by Crippen LogP contribution is 2.33. The lowest BCUT2D eigenvalue weighted by atomic mass is 9.93. The van der Waals surface area contributed by atoms with Crippen LogP contribution in [0.1, 0.15) is 49.6 Å². The zero-order chi connectivity index (χ0) is 28.7. The number of carbonyl (C=O) groups is 1. The summed E-state index contributed by atoms with van der Waals surface area (Å²) in [7, 11) is 1.30. The van der Waals surface area contributed by atoms with Crippen molar-refractivity contribution in [1.82, 2.24) is 4.57 Å². The molecule has 204 valence electrons. The van der Waals surface area contributed by atoms with Gasteiger partial charge in [0.1, 0.15) is 11.5 Å². The van der Waals surface area contributed by atoms with Gasteiger partial charge in [-0.15, -0.1) is 0 Å². The lowest BCUT2D eigenvalue weighted by Gasteiger charge is -2.24. The molecule has 1 aliphatic rings. The molecule has 40 heavy (non-hydrogen) atoms. The number of hydrogen-bond donors (Lipinski definition) is 0. The van der Waals surface area contributed by atoms with Gasteiger partial charge in [-0.05, 0) is 42.2 Å². The monoisotopic (exact) mass is 577 g/mol. The number of rotatable bonds is 6. The number of aromatic nitrogens is 1. The number of hydrogen-bond acceptors (Lipinski definition) is 8. The Morgan fingerprint density at radius 1 is 1.20 bits per heavy atom. The van der Waals surface area contributed by atoms with Crippen LogP contribution in [-0.4, -0.2) is 22.6 Å². The first-order chi connectivity index (χ1) is 19.1. The second kappa shape index (κ2) is 10.7. The third-order valence-electron chi connectivity index (χ3n) is 6.67. The van der Waals surface area contributed by atoms with Gasteiger partial charge in [0.25, 0.3) is 11.2 Å². The van der Waals surface area contributed by atoms with Crippen LogP contribution in [0.4, 0.5) is 5.69 Å². The Morgan fingerprint density at radius 3 is 2.58 bits per heavy atom. The Kier molecular flexibility index (Phi) is 7.31. The van der Waals surface area contributed by atoms with Gasteiger partial charge < -0.3 is 9.15 Å². The molecule has 0 amide bonds. The van der Waals surface area contributed by atoms with E-state index >= 15 is 0 Å². The van der Waals surface area contributed by atoms with Crippen LogP contribution in [0.3, 0.4) is 0 Å². The third kappa shape index (κ3) is 4.91. The lowest BCUT2D eigenvalue weighted by Crippen LogP contribution is -2.39. The van der Waals surface area contributed by atoms with E-state index < -0.39 is 16.9 Å². The topological polar surface area (TPSA) is 117 Å². The first kappa shape index (κ1) is 27.3. The minimum absolute atomic E-state index is 0.121. The summed E-state index contributed by atoms with van der Waals surface area (Å²) in [4.78, 5) is 42.3. The number of nitro benzene ring substituents is 1. The summed E-state index contributed by atoms with van der Waals surface area (Å²) in [6.07, 6.45) is 1.58. The standard InChI is InChI=1S/C29H24ClN3O6S/c1-15(2)17-5-7-18(8-6-17)26-25(28(35)38-4)16(3)31-29-32(26)27(34)24(40-29)14-20-10-12-23(39-20)21-13-19(33(36)37)9-11-22(21)30/h5-15,26H,1-4H3/b24-14-/t26-/m1/s1. The zero-order valence-electron chi connectivity index (χ0n) is 22.0. The van der Waals surface area contributed by atoms with Crippen LogP contribution in [0.25, 0.3) is 17.4 Å². The highest BCUT2D eigenvalue weighted by atomic mass is 35.5. The smallest absolute Gasteiger partial charge is 0.338 e. The number of benzene rings is 2. The Balaban J connectivity index is 1.62. The number of non-ortho nitro benzene ring substituents is 1. The fourth-order valence-electron chi connectivity index (χ4n) is 4.59. The van der Waals surface area contributed by atoms with Crippen LogP contribution in [0.5, 0.6) is 0 Å². The molecule has 0 unspecified atom stereocenters. The number of ether oxygens (including phenoxy) is 1. The minimum atomic E-state index is -0.720. The maximum atomic E-state index is 13.8. The van der Waals surface area contributed by atoms with Crippen molar-refractivity contribution in [3.05, 3.63) is 118 Å². The van der Waals surface area contributed by atoms with Gasteiger partial charge in [-0.2, -0.15) is 0 Å². The Labute approximate surface area is 237 Å². The summed E-state index contributed by atoms with van der Waals surface area (Å²) in [5.74, 6) is 0.436. The average Bonchev–Trinajstić information content (AvgIpc) is 3.51. The number of fused-ring (bicyclic) bond motifs is 1. The van der Waals surface area contributed by atoms with Gasteiger partial charge in [0.05, 0.1) is 38.9 Å². The first-order valence-corrected chi connectivity index (χ1v) is 13.5. The quantitative estimate of drug-likeness (QED) is 0.173. The van der Waals surface area contributed by atoms with Gasteiger partial charge in [0.2, 0.25) is 0 Å². The molecule has 0 aliphatic carbocycles. The molecule has 11 heteroatoms. The van der Waals surface area contributed by atoms with Gasteiger partial charge in [-0.3, -0.25) is 19.5 Å². The van der Waals surface area contributed by atoms with Gasteiger partial charge in [-0.25, -0.2) is 9.79 Å². The van der Waals surface area contributed by atoms with Crippen molar-refractivity contribution in [2.45, 2.75) is 32.7 Å². The van der Waals surface area contributed by atoms with Crippen LogP contribution in [0, 0.1) is 10.1 Å². The number of furan rings is 1. The van der Waals surface area contributed by atoms with Crippen molar-refractivity contribution in [1.29, 1.82) is 0 Å². The number of nitro groups is 1. The number of carbonyl (C=O) groups excluding carboxylic acids is 1. The summed E-state index contributed by atoms with van der Waals surface area (Å²) in [6.45, 7) is 5.91. The summed E-state index contributed by atoms with van der Waals surface area (Å²) >= 11 is 7.44. The van der Waals surface area contributed by atoms with Crippen LogP contribution in [0.2, 0.25) is 5.02 Å². The number of methoxy groups -OCH3 is 1. The third-order valence-corrected chi connectivity index (χ3v) is 7.98. The van der Waals surface area contributed by atoms with Crippen LogP contribution in [-0.2, 0) is 9.53 Å². The molecule has 1 aliphatic heterocycles. The molecule has 9 nitrogen and oxygen atoms in total.